The summed E-state index contributed by atoms with van der Waals surface area (Å²) in [7, 11) is 4.03. The number of fused-ring (bicyclic) bond motifs is 1. The van der Waals surface area contributed by atoms with Gasteiger partial charge in [-0.05, 0) is 55.9 Å². The van der Waals surface area contributed by atoms with E-state index in [4.69, 9.17) is 0 Å². The van der Waals surface area contributed by atoms with E-state index in [9.17, 15) is 4.79 Å². The first kappa shape index (κ1) is 18.7. The van der Waals surface area contributed by atoms with Gasteiger partial charge in [0, 0.05) is 31.1 Å². The minimum Gasteiger partial charge on any atom is -0.352 e. The summed E-state index contributed by atoms with van der Waals surface area (Å²) in [6.07, 6.45) is 2.04. The number of anilines is 1. The minimum atomic E-state index is 0.176. The number of nitrogens with zero attached hydrogens (tertiary/aromatic N) is 7. The van der Waals surface area contributed by atoms with Gasteiger partial charge in [0.2, 0.25) is 5.91 Å². The summed E-state index contributed by atoms with van der Waals surface area (Å²) < 4.78 is 3.72. The van der Waals surface area contributed by atoms with Gasteiger partial charge >= 0.3 is 0 Å². The SMILES string of the molecule is CN(C)Sc1ccc(CC(=O)N2CCN(c3ccc4nncn4n3)CC2)cc1. The molecule has 146 valence electrons. The predicted octanol–water partition coefficient (Wildman–Crippen LogP) is 1.58. The molecule has 0 saturated carbocycles. The van der Waals surface area contributed by atoms with Crippen LogP contribution < -0.4 is 4.90 Å². The molecule has 3 aromatic rings. The lowest BCUT2D eigenvalue weighted by molar-refractivity contribution is -0.130. The van der Waals surface area contributed by atoms with E-state index < -0.39 is 0 Å². The molecule has 1 aromatic carbocycles. The Hall–Kier alpha value is -2.65. The molecule has 0 radical (unpaired) electrons. The maximum absolute atomic E-state index is 12.7. The fourth-order valence-electron chi connectivity index (χ4n) is 3.24. The zero-order chi connectivity index (χ0) is 19.5. The summed E-state index contributed by atoms with van der Waals surface area (Å²) in [6.45, 7) is 2.94. The third kappa shape index (κ3) is 4.26. The van der Waals surface area contributed by atoms with Crippen LogP contribution in [0.2, 0.25) is 0 Å². The molecule has 0 spiro atoms. The first-order valence-electron chi connectivity index (χ1n) is 9.22. The molecule has 4 rings (SSSR count). The summed E-state index contributed by atoms with van der Waals surface area (Å²) in [4.78, 5) is 18.0. The van der Waals surface area contributed by atoms with Crippen LogP contribution in [-0.2, 0) is 11.2 Å². The van der Waals surface area contributed by atoms with Gasteiger partial charge in [0.15, 0.2) is 5.65 Å². The smallest absolute Gasteiger partial charge is 0.227 e. The molecule has 0 bridgehead atoms. The molecule has 1 fully saturated rings. The Bertz CT molecular complexity index is 948. The molecule has 3 heterocycles. The van der Waals surface area contributed by atoms with Crippen LogP contribution in [0, 0.1) is 0 Å². The van der Waals surface area contributed by atoms with Crippen LogP contribution in [0.25, 0.3) is 5.65 Å². The molecule has 1 aliphatic rings. The van der Waals surface area contributed by atoms with Crippen molar-refractivity contribution in [3.63, 3.8) is 0 Å². The van der Waals surface area contributed by atoms with Crippen molar-refractivity contribution in [2.45, 2.75) is 11.3 Å². The number of hydrogen-bond acceptors (Lipinski definition) is 7. The van der Waals surface area contributed by atoms with Gasteiger partial charge in [-0.15, -0.1) is 15.3 Å². The van der Waals surface area contributed by atoms with Gasteiger partial charge < -0.3 is 9.80 Å². The van der Waals surface area contributed by atoms with Gasteiger partial charge in [0.25, 0.3) is 0 Å². The number of amides is 1. The second kappa shape index (κ2) is 8.15. The number of aromatic nitrogens is 4. The normalized spacial score (nSPS) is 14.8. The summed E-state index contributed by atoms with van der Waals surface area (Å²) in [6, 6.07) is 12.1. The summed E-state index contributed by atoms with van der Waals surface area (Å²) in [5, 5.41) is 12.4. The lowest BCUT2D eigenvalue weighted by atomic mass is 10.1. The van der Waals surface area contributed by atoms with E-state index in [2.05, 4.69) is 36.6 Å². The Morgan fingerprint density at radius 2 is 1.82 bits per heavy atom. The minimum absolute atomic E-state index is 0.176. The van der Waals surface area contributed by atoms with Crippen molar-refractivity contribution in [3.05, 3.63) is 48.3 Å². The van der Waals surface area contributed by atoms with E-state index in [0.29, 0.717) is 19.5 Å². The maximum atomic E-state index is 12.7. The molecule has 8 nitrogen and oxygen atoms in total. The second-order valence-electron chi connectivity index (χ2n) is 6.92. The van der Waals surface area contributed by atoms with Gasteiger partial charge in [-0.3, -0.25) is 9.10 Å². The molecule has 0 N–H and O–H groups in total. The Kier molecular flexibility index (Phi) is 5.45. The van der Waals surface area contributed by atoms with Gasteiger partial charge in [0.05, 0.1) is 6.42 Å². The average Bonchev–Trinajstić information content (AvgIpc) is 3.17. The molecule has 2 aromatic heterocycles. The van der Waals surface area contributed by atoms with E-state index in [0.717, 1.165) is 30.1 Å². The summed E-state index contributed by atoms with van der Waals surface area (Å²) in [5.41, 5.74) is 1.78. The zero-order valence-corrected chi connectivity index (χ0v) is 16.8. The van der Waals surface area contributed by atoms with Gasteiger partial charge in [-0.2, -0.15) is 4.52 Å². The third-order valence-electron chi connectivity index (χ3n) is 4.67. The molecule has 1 amide bonds. The van der Waals surface area contributed by atoms with Crippen LogP contribution in [-0.4, -0.2) is 75.2 Å². The van der Waals surface area contributed by atoms with Crippen molar-refractivity contribution in [2.24, 2.45) is 0 Å². The highest BCUT2D eigenvalue weighted by Crippen LogP contribution is 2.20. The fraction of sp³-hybridized carbons (Fsp3) is 0.368. The molecular formula is C19H23N7OS. The monoisotopic (exact) mass is 397 g/mol. The molecule has 9 heteroatoms. The number of benzene rings is 1. The first-order chi connectivity index (χ1) is 13.6. The third-order valence-corrected chi connectivity index (χ3v) is 5.52. The zero-order valence-electron chi connectivity index (χ0n) is 16.0. The Morgan fingerprint density at radius 3 is 2.54 bits per heavy atom. The van der Waals surface area contributed by atoms with Crippen LogP contribution in [0.5, 0.6) is 0 Å². The number of piperazine rings is 1. The quantitative estimate of drug-likeness (QED) is 0.606. The van der Waals surface area contributed by atoms with Crippen molar-refractivity contribution in [1.82, 2.24) is 29.0 Å². The number of carbonyl (C=O) groups excluding carboxylic acids is 1. The first-order valence-corrected chi connectivity index (χ1v) is 10.00. The second-order valence-corrected chi connectivity index (χ2v) is 8.30. The molecular weight excluding hydrogens is 374 g/mol. The molecule has 0 atom stereocenters. The van der Waals surface area contributed by atoms with E-state index in [-0.39, 0.29) is 5.91 Å². The van der Waals surface area contributed by atoms with Gasteiger partial charge in [-0.25, -0.2) is 0 Å². The molecule has 1 aliphatic heterocycles. The number of rotatable bonds is 5. The Labute approximate surface area is 168 Å². The highest BCUT2D eigenvalue weighted by atomic mass is 32.2. The molecule has 0 unspecified atom stereocenters. The van der Waals surface area contributed by atoms with Crippen molar-refractivity contribution < 1.29 is 4.79 Å². The lowest BCUT2D eigenvalue weighted by Gasteiger charge is -2.35. The van der Waals surface area contributed by atoms with Crippen molar-refractivity contribution in [1.29, 1.82) is 0 Å². The Morgan fingerprint density at radius 1 is 1.07 bits per heavy atom. The highest BCUT2D eigenvalue weighted by molar-refractivity contribution is 7.97. The van der Waals surface area contributed by atoms with E-state index in [1.54, 1.807) is 22.8 Å². The van der Waals surface area contributed by atoms with Crippen LogP contribution in [0.15, 0.2) is 47.6 Å². The van der Waals surface area contributed by atoms with Crippen molar-refractivity contribution >= 4 is 29.3 Å². The number of carbonyl (C=O) groups is 1. The summed E-state index contributed by atoms with van der Waals surface area (Å²) in [5.74, 6) is 1.06. The predicted molar refractivity (Wildman–Crippen MR) is 109 cm³/mol. The standard InChI is InChI=1S/C19H23N7OS/c1-23(2)28-16-5-3-15(4-6-16)13-19(27)25-11-9-24(10-12-25)18-8-7-17-21-20-14-26(17)22-18/h3-8,14H,9-13H2,1-2H3. The van der Waals surface area contributed by atoms with E-state index >= 15 is 0 Å². The Balaban J connectivity index is 1.32. The van der Waals surface area contributed by atoms with Crippen LogP contribution in [0.3, 0.4) is 0 Å². The lowest BCUT2D eigenvalue weighted by Crippen LogP contribution is -2.49. The van der Waals surface area contributed by atoms with Gasteiger partial charge in [-0.1, -0.05) is 12.1 Å². The molecule has 1 saturated heterocycles. The largest absolute Gasteiger partial charge is 0.352 e. The van der Waals surface area contributed by atoms with Crippen molar-refractivity contribution in [3.8, 4) is 0 Å². The van der Waals surface area contributed by atoms with Crippen molar-refractivity contribution in [2.75, 3.05) is 45.2 Å². The average molecular weight is 398 g/mol. The number of hydrogen-bond donors (Lipinski definition) is 0. The topological polar surface area (TPSA) is 69.9 Å². The van der Waals surface area contributed by atoms with Crippen LogP contribution in [0.1, 0.15) is 5.56 Å². The van der Waals surface area contributed by atoms with Crippen LogP contribution >= 0.6 is 11.9 Å². The van der Waals surface area contributed by atoms with E-state index in [1.165, 1.54) is 4.90 Å². The maximum Gasteiger partial charge on any atom is 0.227 e. The van der Waals surface area contributed by atoms with Gasteiger partial charge in [0.1, 0.15) is 12.1 Å². The van der Waals surface area contributed by atoms with Crippen LogP contribution in [0.4, 0.5) is 5.82 Å². The molecule has 0 aliphatic carbocycles. The summed E-state index contributed by atoms with van der Waals surface area (Å²) >= 11 is 1.67. The fourth-order valence-corrected chi connectivity index (χ4v) is 3.92. The highest BCUT2D eigenvalue weighted by Gasteiger charge is 2.22. The molecule has 28 heavy (non-hydrogen) atoms. The van der Waals surface area contributed by atoms with E-state index in [1.807, 2.05) is 43.3 Å².